The first-order chi connectivity index (χ1) is 13.8. The van der Waals surface area contributed by atoms with Gasteiger partial charge in [-0.2, -0.15) is 0 Å². The number of nitrogens with one attached hydrogen (secondary N) is 1. The van der Waals surface area contributed by atoms with E-state index in [9.17, 15) is 24.5 Å². The summed E-state index contributed by atoms with van der Waals surface area (Å²) in [5, 5.41) is 13.9. The molecule has 3 rings (SSSR count). The third-order valence-corrected chi connectivity index (χ3v) is 5.66. The van der Waals surface area contributed by atoms with Crippen LogP contribution in [0.4, 0.5) is 10.5 Å². The molecular formula is C19H23N3O7. The van der Waals surface area contributed by atoms with Crippen LogP contribution < -0.4 is 14.8 Å². The van der Waals surface area contributed by atoms with Gasteiger partial charge in [-0.3, -0.25) is 19.8 Å². The Balaban J connectivity index is 1.69. The molecule has 1 aromatic rings. The van der Waals surface area contributed by atoms with Crippen LogP contribution in [0.1, 0.15) is 39.0 Å². The summed E-state index contributed by atoms with van der Waals surface area (Å²) >= 11 is 0. The lowest BCUT2D eigenvalue weighted by Crippen LogP contribution is -2.49. The van der Waals surface area contributed by atoms with Gasteiger partial charge < -0.3 is 14.8 Å². The highest BCUT2D eigenvalue weighted by molar-refractivity contribution is 6.08. The topological polar surface area (TPSA) is 128 Å². The molecule has 1 aliphatic carbocycles. The van der Waals surface area contributed by atoms with Crippen molar-refractivity contribution in [3.8, 4) is 11.5 Å². The van der Waals surface area contributed by atoms with Gasteiger partial charge in [0.15, 0.2) is 0 Å². The minimum Gasteiger partial charge on any atom is -0.496 e. The van der Waals surface area contributed by atoms with Gasteiger partial charge in [-0.05, 0) is 43.7 Å². The fourth-order valence-electron chi connectivity index (χ4n) is 3.87. The number of hydrogen-bond donors (Lipinski definition) is 1. The molecule has 0 radical (unpaired) electrons. The normalized spacial score (nSPS) is 23.8. The summed E-state index contributed by atoms with van der Waals surface area (Å²) in [7, 11) is 1.35. The van der Waals surface area contributed by atoms with E-state index in [1.165, 1.54) is 19.2 Å². The monoisotopic (exact) mass is 405 g/mol. The van der Waals surface area contributed by atoms with E-state index in [4.69, 9.17) is 9.47 Å². The van der Waals surface area contributed by atoms with Crippen LogP contribution >= 0.6 is 0 Å². The van der Waals surface area contributed by atoms with Gasteiger partial charge in [0.1, 0.15) is 17.8 Å². The number of nitro benzene ring substituents is 1. The summed E-state index contributed by atoms with van der Waals surface area (Å²) < 4.78 is 9.99. The number of esters is 1. The maximum absolute atomic E-state index is 12.8. The van der Waals surface area contributed by atoms with Gasteiger partial charge in [-0.1, -0.05) is 13.3 Å². The van der Waals surface area contributed by atoms with Gasteiger partial charge in [0.25, 0.3) is 5.91 Å². The van der Waals surface area contributed by atoms with Crippen LogP contribution in [-0.2, 0) is 9.59 Å². The van der Waals surface area contributed by atoms with E-state index in [0.717, 1.165) is 30.2 Å². The summed E-state index contributed by atoms with van der Waals surface area (Å²) in [6, 6.07) is 3.11. The second kappa shape index (κ2) is 8.06. The summed E-state index contributed by atoms with van der Waals surface area (Å²) in [4.78, 5) is 48.8. The Morgan fingerprint density at radius 2 is 2.03 bits per heavy atom. The molecule has 0 bridgehead atoms. The molecule has 1 N–H and O–H groups in total. The van der Waals surface area contributed by atoms with Crippen LogP contribution in [0.3, 0.4) is 0 Å². The highest BCUT2D eigenvalue weighted by atomic mass is 16.6. The van der Waals surface area contributed by atoms with Crippen molar-refractivity contribution in [2.24, 2.45) is 5.92 Å². The van der Waals surface area contributed by atoms with Crippen molar-refractivity contribution in [2.75, 3.05) is 13.7 Å². The standard InChI is InChI=1S/C19H23N3O7/c1-3-12-6-8-19(9-7-12)17(24)21(18(25)20-19)11-16(23)29-15-5-4-13(28-2)10-14(15)22(26)27/h4-5,10,12H,3,6-9,11H2,1-2H3,(H,20,25). The number of hydrogen-bond acceptors (Lipinski definition) is 7. The van der Waals surface area contributed by atoms with Crippen molar-refractivity contribution in [2.45, 2.75) is 44.6 Å². The molecule has 10 heteroatoms. The van der Waals surface area contributed by atoms with E-state index in [-0.39, 0.29) is 11.5 Å². The molecule has 10 nitrogen and oxygen atoms in total. The summed E-state index contributed by atoms with van der Waals surface area (Å²) in [5.41, 5.74) is -1.42. The fourth-order valence-corrected chi connectivity index (χ4v) is 3.87. The summed E-state index contributed by atoms with van der Waals surface area (Å²) in [6.07, 6.45) is 3.75. The van der Waals surface area contributed by atoms with Crippen LogP contribution in [0.5, 0.6) is 11.5 Å². The molecule has 2 fully saturated rings. The predicted molar refractivity (Wildman–Crippen MR) is 101 cm³/mol. The maximum Gasteiger partial charge on any atom is 0.331 e. The second-order valence-electron chi connectivity index (χ2n) is 7.32. The molecule has 1 aromatic carbocycles. The summed E-state index contributed by atoms with van der Waals surface area (Å²) in [6.45, 7) is 1.48. The molecule has 0 unspecified atom stereocenters. The Morgan fingerprint density at radius 3 is 2.62 bits per heavy atom. The number of rotatable bonds is 6. The molecule has 1 heterocycles. The van der Waals surface area contributed by atoms with Gasteiger partial charge in [-0.25, -0.2) is 9.59 Å². The molecule has 156 valence electrons. The Bertz CT molecular complexity index is 846. The number of carbonyl (C=O) groups is 3. The maximum atomic E-state index is 12.8. The van der Waals surface area contributed by atoms with E-state index in [1.54, 1.807) is 0 Å². The third kappa shape index (κ3) is 4.01. The zero-order chi connectivity index (χ0) is 21.2. The molecule has 2 aliphatic rings. The van der Waals surface area contributed by atoms with E-state index in [0.29, 0.717) is 18.8 Å². The number of nitrogens with zero attached hydrogens (tertiary/aromatic N) is 2. The van der Waals surface area contributed by atoms with E-state index in [2.05, 4.69) is 12.2 Å². The Kier molecular flexibility index (Phi) is 5.71. The number of nitro groups is 1. The number of ether oxygens (including phenoxy) is 2. The van der Waals surface area contributed by atoms with Crippen LogP contribution in [0.15, 0.2) is 18.2 Å². The summed E-state index contributed by atoms with van der Waals surface area (Å²) in [5.74, 6) is -0.916. The number of imide groups is 1. The molecule has 1 saturated carbocycles. The molecule has 0 aromatic heterocycles. The van der Waals surface area contributed by atoms with Crippen molar-refractivity contribution in [3.05, 3.63) is 28.3 Å². The van der Waals surface area contributed by atoms with Gasteiger partial charge in [0.2, 0.25) is 5.75 Å². The van der Waals surface area contributed by atoms with Crippen molar-refractivity contribution in [1.82, 2.24) is 10.2 Å². The number of amides is 3. The molecule has 1 saturated heterocycles. The average Bonchev–Trinajstić information content (AvgIpc) is 2.92. The molecule has 29 heavy (non-hydrogen) atoms. The fraction of sp³-hybridized carbons (Fsp3) is 0.526. The quantitative estimate of drug-likeness (QED) is 0.253. The minimum atomic E-state index is -0.963. The highest BCUT2D eigenvalue weighted by Gasteiger charge is 2.52. The molecule has 1 aliphatic heterocycles. The third-order valence-electron chi connectivity index (χ3n) is 5.66. The Hall–Kier alpha value is -3.17. The predicted octanol–water partition coefficient (Wildman–Crippen LogP) is 2.40. The molecular weight excluding hydrogens is 382 g/mol. The van der Waals surface area contributed by atoms with E-state index in [1.807, 2.05) is 0 Å². The molecule has 0 atom stereocenters. The highest BCUT2D eigenvalue weighted by Crippen LogP contribution is 2.37. The van der Waals surface area contributed by atoms with Crippen molar-refractivity contribution in [1.29, 1.82) is 0 Å². The largest absolute Gasteiger partial charge is 0.496 e. The number of carbonyl (C=O) groups excluding carboxylic acids is 3. The first-order valence-corrected chi connectivity index (χ1v) is 9.47. The first-order valence-electron chi connectivity index (χ1n) is 9.47. The van der Waals surface area contributed by atoms with Gasteiger partial charge >= 0.3 is 17.7 Å². The van der Waals surface area contributed by atoms with Crippen LogP contribution in [0.25, 0.3) is 0 Å². The Morgan fingerprint density at radius 1 is 1.34 bits per heavy atom. The van der Waals surface area contributed by atoms with Crippen LogP contribution in [0.2, 0.25) is 0 Å². The van der Waals surface area contributed by atoms with Crippen molar-refractivity contribution < 1.29 is 28.8 Å². The van der Waals surface area contributed by atoms with Crippen molar-refractivity contribution >= 4 is 23.6 Å². The van der Waals surface area contributed by atoms with Crippen molar-refractivity contribution in [3.63, 3.8) is 0 Å². The number of urea groups is 1. The average molecular weight is 405 g/mol. The SMILES string of the molecule is CCC1CCC2(CC1)NC(=O)N(CC(=O)Oc1ccc(OC)cc1[N+](=O)[O-])C2=O. The molecule has 1 spiro atoms. The number of methoxy groups -OCH3 is 1. The van der Waals surface area contributed by atoms with E-state index >= 15 is 0 Å². The zero-order valence-electron chi connectivity index (χ0n) is 16.3. The minimum absolute atomic E-state index is 0.232. The van der Waals surface area contributed by atoms with Crippen LogP contribution in [0, 0.1) is 16.0 Å². The second-order valence-corrected chi connectivity index (χ2v) is 7.32. The van der Waals surface area contributed by atoms with Gasteiger partial charge in [-0.15, -0.1) is 0 Å². The smallest absolute Gasteiger partial charge is 0.331 e. The van der Waals surface area contributed by atoms with Gasteiger partial charge in [0.05, 0.1) is 18.1 Å². The van der Waals surface area contributed by atoms with Crippen LogP contribution in [-0.4, -0.2) is 46.9 Å². The van der Waals surface area contributed by atoms with E-state index < -0.39 is 40.6 Å². The lowest BCUT2D eigenvalue weighted by atomic mass is 9.75. The molecule has 3 amide bonds. The van der Waals surface area contributed by atoms with Gasteiger partial charge in [0, 0.05) is 0 Å². The zero-order valence-corrected chi connectivity index (χ0v) is 16.3. The Labute approximate surface area is 167 Å². The number of benzene rings is 1. The lowest BCUT2D eigenvalue weighted by Gasteiger charge is -2.34. The lowest BCUT2D eigenvalue weighted by molar-refractivity contribution is -0.385. The first kappa shape index (κ1) is 20.6.